The number of likely N-dealkylation sites (N-methyl/N-ethyl adjacent to an activating group) is 1. The number of para-hydroxylation sites is 1. The van der Waals surface area contributed by atoms with Crippen LogP contribution in [0.3, 0.4) is 0 Å². The number of nitrogens with zero attached hydrogens (tertiary/aromatic N) is 6. The molecule has 2 aliphatic rings. The zero-order chi connectivity index (χ0) is 27.1. The lowest BCUT2D eigenvalue weighted by molar-refractivity contribution is -0.137. The van der Waals surface area contributed by atoms with Gasteiger partial charge in [0.05, 0.1) is 6.33 Å². The molecule has 1 aliphatic heterocycles. The molecule has 0 bridgehead atoms. The zero-order valence-corrected chi connectivity index (χ0v) is 22.1. The lowest BCUT2D eigenvalue weighted by Crippen LogP contribution is -2.43. The minimum atomic E-state index is -1.36. The summed E-state index contributed by atoms with van der Waals surface area (Å²) in [5.74, 6) is 0.141. The molecule has 1 aliphatic carbocycles. The second-order valence-corrected chi connectivity index (χ2v) is 10.6. The Labute approximate surface area is 225 Å². The quantitative estimate of drug-likeness (QED) is 0.233. The van der Waals surface area contributed by atoms with Crippen molar-refractivity contribution < 1.29 is 19.7 Å². The number of rotatable bonds is 10. The van der Waals surface area contributed by atoms with Crippen LogP contribution in [0.5, 0.6) is 0 Å². The van der Waals surface area contributed by atoms with Crippen LogP contribution < -0.4 is 10.6 Å². The van der Waals surface area contributed by atoms with Crippen molar-refractivity contribution in [3.8, 4) is 0 Å². The topological polar surface area (TPSA) is 143 Å². The number of fused-ring (bicyclic) bond motifs is 2. The lowest BCUT2D eigenvalue weighted by atomic mass is 10.1. The van der Waals surface area contributed by atoms with Gasteiger partial charge in [-0.05, 0) is 45.0 Å². The van der Waals surface area contributed by atoms with Gasteiger partial charge in [-0.15, -0.1) is 0 Å². The number of imidazole rings is 1. The smallest absolute Gasteiger partial charge is 0.252 e. The van der Waals surface area contributed by atoms with Crippen LogP contribution in [0, 0.1) is 0 Å². The third-order valence-electron chi connectivity index (χ3n) is 7.40. The van der Waals surface area contributed by atoms with E-state index in [1.54, 1.807) is 4.57 Å². The molecule has 2 fully saturated rings. The molecule has 4 atom stereocenters. The number of nitrogens with one attached hydrogen (secondary N) is 2. The number of benzene rings is 1. The van der Waals surface area contributed by atoms with Crippen LogP contribution in [0.2, 0.25) is 0 Å². The third kappa shape index (κ3) is 5.08. The van der Waals surface area contributed by atoms with Crippen LogP contribution in [0.25, 0.3) is 22.1 Å². The fourth-order valence-electron chi connectivity index (χ4n) is 5.11. The number of anilines is 1. The summed E-state index contributed by atoms with van der Waals surface area (Å²) in [7, 11) is 4.15. The molecule has 4 heterocycles. The van der Waals surface area contributed by atoms with E-state index in [1.807, 2.05) is 0 Å². The molecule has 1 aromatic carbocycles. The SMILES string of the molecule is CN(C)CCn1cc(CCNc2ncnc3c2ncn3[C@@H]2O[C@H](C(=O)NC3CC3)[C@@H](O)[C@H]2O)c2ccccc21. The molecule has 1 saturated carbocycles. The fraction of sp³-hybridized carbons (Fsp3) is 0.481. The van der Waals surface area contributed by atoms with Crippen molar-refractivity contribution in [1.29, 1.82) is 0 Å². The van der Waals surface area contributed by atoms with Gasteiger partial charge >= 0.3 is 0 Å². The predicted octanol–water partition coefficient (Wildman–Crippen LogP) is 0.895. The van der Waals surface area contributed by atoms with Gasteiger partial charge < -0.3 is 35.1 Å². The first-order valence-corrected chi connectivity index (χ1v) is 13.4. The summed E-state index contributed by atoms with van der Waals surface area (Å²) in [6, 6.07) is 8.55. The fourth-order valence-corrected chi connectivity index (χ4v) is 5.11. The zero-order valence-electron chi connectivity index (χ0n) is 22.1. The number of ether oxygens (including phenoxy) is 1. The summed E-state index contributed by atoms with van der Waals surface area (Å²) in [4.78, 5) is 27.9. The van der Waals surface area contributed by atoms with Gasteiger partial charge in [0.15, 0.2) is 29.3 Å². The van der Waals surface area contributed by atoms with Gasteiger partial charge in [-0.1, -0.05) is 18.2 Å². The molecule has 4 N–H and O–H groups in total. The molecule has 0 spiro atoms. The Hall–Kier alpha value is -3.58. The van der Waals surface area contributed by atoms with E-state index in [-0.39, 0.29) is 6.04 Å². The van der Waals surface area contributed by atoms with E-state index in [4.69, 9.17) is 4.74 Å². The van der Waals surface area contributed by atoms with E-state index in [2.05, 4.69) is 79.6 Å². The second-order valence-electron chi connectivity index (χ2n) is 10.6. The summed E-state index contributed by atoms with van der Waals surface area (Å²) in [6.07, 6.45) is 2.92. The average molecular weight is 535 g/mol. The largest absolute Gasteiger partial charge is 0.387 e. The highest BCUT2D eigenvalue weighted by molar-refractivity contribution is 5.85. The van der Waals surface area contributed by atoms with Crippen LogP contribution in [-0.2, 0) is 22.5 Å². The monoisotopic (exact) mass is 534 g/mol. The van der Waals surface area contributed by atoms with Crippen LogP contribution in [0.4, 0.5) is 5.82 Å². The van der Waals surface area contributed by atoms with Crippen molar-refractivity contribution in [3.63, 3.8) is 0 Å². The van der Waals surface area contributed by atoms with Gasteiger partial charge in [-0.25, -0.2) is 15.0 Å². The standard InChI is InChI=1S/C27H34N8O4/c1-33(2)11-12-34-13-16(18-5-3-4-6-19(18)34)9-10-28-24-20-25(30-14-29-24)35(15-31-20)27-22(37)21(36)23(39-27)26(38)32-17-7-8-17/h3-6,13-15,17,21-23,27,36-37H,7-12H2,1-2H3,(H,32,38)(H,28,29,30)/t21-,22+,23-,27+/m0/s1. The second kappa shape index (κ2) is 10.5. The van der Waals surface area contributed by atoms with Crippen molar-refractivity contribution in [2.75, 3.05) is 32.5 Å². The first-order chi connectivity index (χ1) is 18.9. The van der Waals surface area contributed by atoms with Crippen molar-refractivity contribution in [2.45, 2.75) is 56.4 Å². The molecule has 1 amide bonds. The van der Waals surface area contributed by atoms with E-state index < -0.39 is 30.4 Å². The highest BCUT2D eigenvalue weighted by Gasteiger charge is 2.48. The Morgan fingerprint density at radius 1 is 1.15 bits per heavy atom. The number of aliphatic hydroxyl groups is 2. The molecule has 39 heavy (non-hydrogen) atoms. The first kappa shape index (κ1) is 25.7. The summed E-state index contributed by atoms with van der Waals surface area (Å²) in [5.41, 5.74) is 3.42. The average Bonchev–Trinajstić information content (AvgIpc) is 3.40. The molecule has 4 aromatic rings. The van der Waals surface area contributed by atoms with Crippen molar-refractivity contribution >= 4 is 33.8 Å². The third-order valence-corrected chi connectivity index (χ3v) is 7.40. The molecule has 206 valence electrons. The molecule has 12 heteroatoms. The maximum Gasteiger partial charge on any atom is 0.252 e. The van der Waals surface area contributed by atoms with E-state index in [1.165, 1.54) is 29.1 Å². The Bertz CT molecular complexity index is 1480. The number of amides is 1. The molecule has 0 radical (unpaired) electrons. The Morgan fingerprint density at radius 2 is 1.97 bits per heavy atom. The van der Waals surface area contributed by atoms with Gasteiger partial charge in [0.1, 0.15) is 18.5 Å². The highest BCUT2D eigenvalue weighted by Crippen LogP contribution is 2.33. The maximum absolute atomic E-state index is 12.5. The maximum atomic E-state index is 12.5. The number of aromatic nitrogens is 5. The molecule has 3 aromatic heterocycles. The van der Waals surface area contributed by atoms with E-state index >= 15 is 0 Å². The van der Waals surface area contributed by atoms with Crippen molar-refractivity contribution in [3.05, 3.63) is 48.7 Å². The van der Waals surface area contributed by atoms with Crippen molar-refractivity contribution in [2.24, 2.45) is 0 Å². The number of carbonyl (C=O) groups excluding carboxylic acids is 1. The molecular formula is C27H34N8O4. The molecule has 6 rings (SSSR count). The Kier molecular flexibility index (Phi) is 6.94. The predicted molar refractivity (Wildman–Crippen MR) is 145 cm³/mol. The summed E-state index contributed by atoms with van der Waals surface area (Å²) < 4.78 is 9.65. The number of carbonyl (C=O) groups is 1. The summed E-state index contributed by atoms with van der Waals surface area (Å²) in [5, 5.41) is 28.6. The van der Waals surface area contributed by atoms with Gasteiger partial charge in [-0.2, -0.15) is 0 Å². The minimum Gasteiger partial charge on any atom is -0.387 e. The Morgan fingerprint density at radius 3 is 2.77 bits per heavy atom. The number of hydrogen-bond donors (Lipinski definition) is 4. The van der Waals surface area contributed by atoms with Gasteiger partial charge in [0.2, 0.25) is 0 Å². The van der Waals surface area contributed by atoms with E-state index in [0.717, 1.165) is 32.4 Å². The van der Waals surface area contributed by atoms with E-state index in [9.17, 15) is 15.0 Å². The van der Waals surface area contributed by atoms with Gasteiger partial charge in [0, 0.05) is 42.8 Å². The summed E-state index contributed by atoms with van der Waals surface area (Å²) >= 11 is 0. The van der Waals surface area contributed by atoms with Crippen LogP contribution in [0.15, 0.2) is 43.1 Å². The minimum absolute atomic E-state index is 0.120. The number of hydrogen-bond acceptors (Lipinski definition) is 9. The summed E-state index contributed by atoms with van der Waals surface area (Å²) in [6.45, 7) is 2.50. The van der Waals surface area contributed by atoms with Crippen LogP contribution >= 0.6 is 0 Å². The highest BCUT2D eigenvalue weighted by atomic mass is 16.6. The van der Waals surface area contributed by atoms with E-state index in [0.29, 0.717) is 23.5 Å². The first-order valence-electron chi connectivity index (χ1n) is 13.4. The van der Waals surface area contributed by atoms with Gasteiger partial charge in [-0.3, -0.25) is 9.36 Å². The molecule has 12 nitrogen and oxygen atoms in total. The lowest BCUT2D eigenvalue weighted by Gasteiger charge is -2.16. The van der Waals surface area contributed by atoms with Crippen LogP contribution in [0.1, 0.15) is 24.6 Å². The molecule has 0 unspecified atom stereocenters. The Balaban J connectivity index is 1.17. The normalized spacial score (nSPS) is 23.2. The van der Waals surface area contributed by atoms with Gasteiger partial charge in [0.25, 0.3) is 5.91 Å². The number of aliphatic hydroxyl groups excluding tert-OH is 2. The van der Waals surface area contributed by atoms with Crippen LogP contribution in [-0.4, -0.2) is 96.6 Å². The molecule has 1 saturated heterocycles. The van der Waals surface area contributed by atoms with Crippen molar-refractivity contribution in [1.82, 2.24) is 34.3 Å². The molecular weight excluding hydrogens is 500 g/mol.